The maximum absolute atomic E-state index is 11.4. The fourth-order valence-electron chi connectivity index (χ4n) is 2.45. The van der Waals surface area contributed by atoms with Crippen LogP contribution < -0.4 is 9.84 Å². The van der Waals surface area contributed by atoms with Crippen LogP contribution in [0.4, 0.5) is 0 Å². The van der Waals surface area contributed by atoms with Crippen LogP contribution in [0.15, 0.2) is 84.9 Å². The first-order valence-corrected chi connectivity index (χ1v) is 7.97. The third kappa shape index (κ3) is 4.58. The molecule has 124 valence electrons. The minimum Gasteiger partial charge on any atom is -0.545 e. The number of benzene rings is 3. The van der Waals surface area contributed by atoms with Crippen molar-refractivity contribution in [3.63, 3.8) is 0 Å². The molecule has 0 fully saturated rings. The predicted octanol–water partition coefficient (Wildman–Crippen LogP) is 3.56. The van der Waals surface area contributed by atoms with Gasteiger partial charge >= 0.3 is 0 Å². The van der Waals surface area contributed by atoms with Gasteiger partial charge in [0.15, 0.2) is 0 Å². The molecule has 3 aromatic rings. The van der Waals surface area contributed by atoms with Crippen molar-refractivity contribution in [1.29, 1.82) is 0 Å². The van der Waals surface area contributed by atoms with Gasteiger partial charge in [0.1, 0.15) is 12.4 Å². The van der Waals surface area contributed by atoms with Crippen LogP contribution in [0.5, 0.6) is 5.75 Å². The highest BCUT2D eigenvalue weighted by Crippen LogP contribution is 2.20. The van der Waals surface area contributed by atoms with E-state index in [1.165, 1.54) is 0 Å². The van der Waals surface area contributed by atoms with Gasteiger partial charge in [-0.3, -0.25) is 0 Å². The number of hydrogen-bond acceptors (Lipinski definition) is 3. The normalized spacial score (nSPS) is 11.1. The number of ether oxygens (including phenoxy) is 1. The Morgan fingerprint density at radius 3 is 2.04 bits per heavy atom. The van der Waals surface area contributed by atoms with E-state index in [0.717, 1.165) is 16.9 Å². The fourth-order valence-corrected chi connectivity index (χ4v) is 2.45. The summed E-state index contributed by atoms with van der Waals surface area (Å²) in [6, 6.07) is 26.2. The predicted molar refractivity (Wildman–Crippen MR) is 96.5 cm³/mol. The average Bonchev–Trinajstić information content (AvgIpc) is 2.66. The summed E-state index contributed by atoms with van der Waals surface area (Å²) < 4.78 is 5.73. The van der Waals surface area contributed by atoms with E-state index in [4.69, 9.17) is 4.74 Å². The smallest absolute Gasteiger partial charge is 0.119 e. The van der Waals surface area contributed by atoms with Crippen molar-refractivity contribution in [2.24, 2.45) is 0 Å². The minimum absolute atomic E-state index is 0.151. The molecule has 25 heavy (non-hydrogen) atoms. The zero-order valence-electron chi connectivity index (χ0n) is 13.6. The SMILES string of the molecule is O=C([O-])/C(=C\c1ccc(OCc2ccccc2)cc1)c1ccccc1. The maximum Gasteiger partial charge on any atom is 0.119 e. The first-order chi connectivity index (χ1) is 12.2. The molecule has 3 nitrogen and oxygen atoms in total. The lowest BCUT2D eigenvalue weighted by Gasteiger charge is -2.10. The monoisotopic (exact) mass is 329 g/mol. The van der Waals surface area contributed by atoms with Crippen LogP contribution in [0.2, 0.25) is 0 Å². The molecule has 0 aliphatic heterocycles. The Bertz CT molecular complexity index is 851. The molecule has 0 aliphatic rings. The van der Waals surface area contributed by atoms with E-state index < -0.39 is 5.97 Å². The molecule has 3 rings (SSSR count). The summed E-state index contributed by atoms with van der Waals surface area (Å²) in [5, 5.41) is 11.4. The topological polar surface area (TPSA) is 49.4 Å². The van der Waals surface area contributed by atoms with E-state index in [2.05, 4.69) is 0 Å². The van der Waals surface area contributed by atoms with Gasteiger partial charge in [-0.1, -0.05) is 72.8 Å². The van der Waals surface area contributed by atoms with Gasteiger partial charge in [0.05, 0.1) is 5.97 Å². The van der Waals surface area contributed by atoms with Gasteiger partial charge in [0.2, 0.25) is 0 Å². The first kappa shape index (κ1) is 16.5. The van der Waals surface area contributed by atoms with Crippen molar-refractivity contribution in [1.82, 2.24) is 0 Å². The molecule has 0 amide bonds. The van der Waals surface area contributed by atoms with Gasteiger partial charge in [-0.25, -0.2) is 0 Å². The van der Waals surface area contributed by atoms with Gasteiger partial charge in [-0.2, -0.15) is 0 Å². The second-order valence-electron chi connectivity index (χ2n) is 5.55. The number of hydrogen-bond donors (Lipinski definition) is 0. The van der Waals surface area contributed by atoms with Crippen LogP contribution in [-0.2, 0) is 11.4 Å². The molecular weight excluding hydrogens is 312 g/mol. The molecule has 0 saturated carbocycles. The summed E-state index contributed by atoms with van der Waals surface area (Å²) in [6.45, 7) is 0.490. The molecule has 0 spiro atoms. The zero-order valence-corrected chi connectivity index (χ0v) is 13.6. The molecule has 0 aliphatic carbocycles. The lowest BCUT2D eigenvalue weighted by Crippen LogP contribution is -2.23. The number of aliphatic carboxylic acids is 1. The van der Waals surface area contributed by atoms with Crippen molar-refractivity contribution in [3.05, 3.63) is 102 Å². The highest BCUT2D eigenvalue weighted by atomic mass is 16.5. The molecule has 0 aromatic heterocycles. The van der Waals surface area contributed by atoms with E-state index in [-0.39, 0.29) is 5.57 Å². The lowest BCUT2D eigenvalue weighted by molar-refractivity contribution is -0.295. The second kappa shape index (κ2) is 7.97. The Morgan fingerprint density at radius 2 is 1.44 bits per heavy atom. The molecule has 0 radical (unpaired) electrons. The number of carbonyl (C=O) groups excluding carboxylic acids is 1. The van der Waals surface area contributed by atoms with Gasteiger partial charge in [-0.05, 0) is 34.9 Å². The van der Waals surface area contributed by atoms with Crippen molar-refractivity contribution >= 4 is 17.6 Å². The van der Waals surface area contributed by atoms with Gasteiger partial charge in [0, 0.05) is 5.57 Å². The summed E-state index contributed by atoms with van der Waals surface area (Å²) in [5.41, 5.74) is 2.63. The molecule has 3 aromatic carbocycles. The Kier molecular flexibility index (Phi) is 5.27. The van der Waals surface area contributed by atoms with E-state index in [1.807, 2.05) is 60.7 Å². The van der Waals surface area contributed by atoms with Gasteiger partial charge < -0.3 is 14.6 Å². The molecular formula is C22H17O3-. The molecule has 0 N–H and O–H groups in total. The molecule has 0 heterocycles. The van der Waals surface area contributed by atoms with Crippen LogP contribution in [0.3, 0.4) is 0 Å². The van der Waals surface area contributed by atoms with E-state index in [1.54, 1.807) is 30.3 Å². The van der Waals surface area contributed by atoms with Crippen LogP contribution in [-0.4, -0.2) is 5.97 Å². The summed E-state index contributed by atoms with van der Waals surface area (Å²) in [4.78, 5) is 11.4. The average molecular weight is 329 g/mol. The van der Waals surface area contributed by atoms with Gasteiger partial charge in [-0.15, -0.1) is 0 Å². The third-order valence-electron chi connectivity index (χ3n) is 3.74. The van der Waals surface area contributed by atoms with E-state index in [0.29, 0.717) is 12.2 Å². The second-order valence-corrected chi connectivity index (χ2v) is 5.55. The van der Waals surface area contributed by atoms with E-state index in [9.17, 15) is 9.90 Å². The van der Waals surface area contributed by atoms with Crippen molar-refractivity contribution < 1.29 is 14.6 Å². The molecule has 0 unspecified atom stereocenters. The van der Waals surface area contributed by atoms with Gasteiger partial charge in [0.25, 0.3) is 0 Å². The van der Waals surface area contributed by atoms with Crippen LogP contribution >= 0.6 is 0 Å². The zero-order chi connectivity index (χ0) is 17.5. The van der Waals surface area contributed by atoms with Crippen molar-refractivity contribution in [3.8, 4) is 5.75 Å². The highest BCUT2D eigenvalue weighted by Gasteiger charge is 2.03. The Morgan fingerprint density at radius 1 is 0.840 bits per heavy atom. The number of carboxylic acids is 1. The molecule has 0 bridgehead atoms. The fraction of sp³-hybridized carbons (Fsp3) is 0.0455. The number of carboxylic acid groups (broad SMARTS) is 1. The Labute approximate surface area is 146 Å². The van der Waals surface area contributed by atoms with Crippen LogP contribution in [0, 0.1) is 0 Å². The first-order valence-electron chi connectivity index (χ1n) is 7.97. The quantitative estimate of drug-likeness (QED) is 0.513. The maximum atomic E-state index is 11.4. The standard InChI is InChI=1S/C22H18O3/c23-22(24)21(19-9-5-2-6-10-19)15-17-11-13-20(14-12-17)25-16-18-7-3-1-4-8-18/h1-15H,16H2,(H,23,24)/p-1/b21-15-. The Balaban J connectivity index is 1.74. The Hall–Kier alpha value is -3.33. The summed E-state index contributed by atoms with van der Waals surface area (Å²) in [6.07, 6.45) is 1.60. The summed E-state index contributed by atoms with van der Waals surface area (Å²) >= 11 is 0. The number of carbonyl (C=O) groups is 1. The minimum atomic E-state index is -1.20. The van der Waals surface area contributed by atoms with Crippen LogP contribution in [0.1, 0.15) is 16.7 Å². The van der Waals surface area contributed by atoms with Crippen LogP contribution in [0.25, 0.3) is 11.6 Å². The highest BCUT2D eigenvalue weighted by molar-refractivity contribution is 6.19. The lowest BCUT2D eigenvalue weighted by atomic mass is 10.0. The summed E-state index contributed by atoms with van der Waals surface area (Å²) in [5.74, 6) is -0.466. The molecule has 0 saturated heterocycles. The van der Waals surface area contributed by atoms with E-state index >= 15 is 0 Å². The number of rotatable bonds is 6. The largest absolute Gasteiger partial charge is 0.545 e. The molecule has 3 heteroatoms. The molecule has 0 atom stereocenters. The third-order valence-corrected chi connectivity index (χ3v) is 3.74. The van der Waals surface area contributed by atoms with Crippen molar-refractivity contribution in [2.75, 3.05) is 0 Å². The van der Waals surface area contributed by atoms with Crippen molar-refractivity contribution in [2.45, 2.75) is 6.61 Å². The summed E-state index contributed by atoms with van der Waals surface area (Å²) in [7, 11) is 0.